The van der Waals surface area contributed by atoms with Gasteiger partial charge < -0.3 is 10.1 Å². The number of aromatic nitrogens is 1. The van der Waals surface area contributed by atoms with Crippen molar-refractivity contribution in [2.24, 2.45) is 4.99 Å². The number of benzene rings is 2. The molecule has 0 saturated carbocycles. The van der Waals surface area contributed by atoms with Gasteiger partial charge in [0.1, 0.15) is 11.8 Å². The largest absolute Gasteiger partial charge is 0.451 e. The van der Waals surface area contributed by atoms with Crippen LogP contribution in [-0.2, 0) is 6.54 Å². The number of aliphatic imine (C=N–C) groups is 1. The summed E-state index contributed by atoms with van der Waals surface area (Å²) in [6, 6.07) is 15.0. The number of pyridine rings is 1. The smallest absolute Gasteiger partial charge is 0.206 e. The van der Waals surface area contributed by atoms with E-state index < -0.39 is 5.82 Å². The minimum atomic E-state index is -0.519. The zero-order chi connectivity index (χ0) is 20.2. The average Bonchev–Trinajstić information content (AvgIpc) is 2.75. The lowest BCUT2D eigenvalue weighted by atomic mass is 10.2. The number of ether oxygens (including phenoxy) is 1. The third-order valence-electron chi connectivity index (χ3n) is 4.01. The van der Waals surface area contributed by atoms with E-state index in [4.69, 9.17) is 16.3 Å². The summed E-state index contributed by atoms with van der Waals surface area (Å²) in [6.07, 6.45) is 1.65. The molecule has 2 aromatic carbocycles. The molecule has 0 fully saturated rings. The molecule has 2 N–H and O–H groups in total. The van der Waals surface area contributed by atoms with Crippen LogP contribution in [0.5, 0.6) is 11.5 Å². The first kappa shape index (κ1) is 19.1. The van der Waals surface area contributed by atoms with E-state index in [1.165, 1.54) is 24.1 Å². The first-order valence-corrected chi connectivity index (χ1v) is 9.68. The Morgan fingerprint density at radius 3 is 2.86 bits per heavy atom. The summed E-state index contributed by atoms with van der Waals surface area (Å²) >= 11 is 7.43. The van der Waals surface area contributed by atoms with Crippen LogP contribution < -0.4 is 14.8 Å². The Morgan fingerprint density at radius 2 is 2.07 bits per heavy atom. The van der Waals surface area contributed by atoms with Crippen molar-refractivity contribution < 1.29 is 9.13 Å². The van der Waals surface area contributed by atoms with Gasteiger partial charge in [0.15, 0.2) is 17.3 Å². The summed E-state index contributed by atoms with van der Waals surface area (Å²) < 4.78 is 22.9. The Hall–Kier alpha value is -3.28. The van der Waals surface area contributed by atoms with Crippen molar-refractivity contribution in [2.45, 2.75) is 11.4 Å². The lowest BCUT2D eigenvalue weighted by Crippen LogP contribution is -2.29. The summed E-state index contributed by atoms with van der Waals surface area (Å²) in [5.41, 5.74) is 1.44. The van der Waals surface area contributed by atoms with E-state index in [1.807, 2.05) is 0 Å². The van der Waals surface area contributed by atoms with Gasteiger partial charge in [-0.2, -0.15) is 5.26 Å². The molecule has 29 heavy (non-hydrogen) atoms. The van der Waals surface area contributed by atoms with Crippen LogP contribution in [0.2, 0.25) is 5.02 Å². The van der Waals surface area contributed by atoms with Gasteiger partial charge in [-0.3, -0.25) is 9.71 Å². The third-order valence-corrected chi connectivity index (χ3v) is 5.21. The Kier molecular flexibility index (Phi) is 5.51. The number of halogens is 2. The number of nitrogens with one attached hydrogen (secondary N) is 2. The van der Waals surface area contributed by atoms with Crippen LogP contribution in [0, 0.1) is 17.1 Å². The fraction of sp³-hybridized carbons (Fsp3) is 0.0500. The second-order valence-electron chi connectivity index (χ2n) is 5.89. The standard InChI is InChI=1S/C20H13ClFN5OS/c21-13-4-3-9-24-15(13)11-25-20-26-18-17(29-27-20)8-7-12(10-23)19(18)28-16-6-2-1-5-14(16)22/h1-9H,11H2,(H2,25,26,27). The zero-order valence-corrected chi connectivity index (χ0v) is 16.4. The molecule has 1 aromatic heterocycles. The van der Waals surface area contributed by atoms with E-state index in [2.05, 4.69) is 26.1 Å². The highest BCUT2D eigenvalue weighted by molar-refractivity contribution is 7.98. The predicted molar refractivity (Wildman–Crippen MR) is 111 cm³/mol. The van der Waals surface area contributed by atoms with E-state index in [9.17, 15) is 9.65 Å². The number of rotatable bonds is 4. The summed E-state index contributed by atoms with van der Waals surface area (Å²) in [6.45, 7) is 0.256. The van der Waals surface area contributed by atoms with Crippen molar-refractivity contribution >= 4 is 35.2 Å². The van der Waals surface area contributed by atoms with E-state index in [1.54, 1.807) is 42.6 Å². The van der Waals surface area contributed by atoms with Crippen LogP contribution in [0.1, 0.15) is 11.3 Å². The Labute approximate surface area is 175 Å². The van der Waals surface area contributed by atoms with Gasteiger partial charge in [0.2, 0.25) is 5.96 Å². The second-order valence-corrected chi connectivity index (χ2v) is 7.14. The van der Waals surface area contributed by atoms with Crippen molar-refractivity contribution in [1.82, 2.24) is 9.71 Å². The highest BCUT2D eigenvalue weighted by Gasteiger charge is 2.22. The number of para-hydroxylation sites is 1. The molecule has 1 aliphatic rings. The van der Waals surface area contributed by atoms with Gasteiger partial charge in [0, 0.05) is 6.20 Å². The minimum absolute atomic E-state index is 0.0292. The number of fused-ring (bicyclic) bond motifs is 1. The molecule has 144 valence electrons. The zero-order valence-electron chi connectivity index (χ0n) is 14.8. The summed E-state index contributed by atoms with van der Waals surface area (Å²) in [4.78, 5) is 9.44. The molecule has 0 unspecified atom stereocenters. The fourth-order valence-corrected chi connectivity index (χ4v) is 3.49. The van der Waals surface area contributed by atoms with Crippen LogP contribution in [0.3, 0.4) is 0 Å². The number of guanidine groups is 1. The molecule has 9 heteroatoms. The van der Waals surface area contributed by atoms with Gasteiger partial charge in [0.25, 0.3) is 0 Å². The normalized spacial score (nSPS) is 13.8. The number of hydrogen-bond acceptors (Lipinski definition) is 5. The van der Waals surface area contributed by atoms with Crippen LogP contribution in [0.15, 0.2) is 64.6 Å². The Bertz CT molecular complexity index is 1150. The Morgan fingerprint density at radius 1 is 1.21 bits per heavy atom. The number of nitriles is 1. The molecule has 0 radical (unpaired) electrons. The molecule has 2 heterocycles. The van der Waals surface area contributed by atoms with Crippen LogP contribution in [-0.4, -0.2) is 10.9 Å². The molecule has 0 aliphatic carbocycles. The second kappa shape index (κ2) is 8.39. The van der Waals surface area contributed by atoms with Crippen LogP contribution in [0.25, 0.3) is 0 Å². The monoisotopic (exact) mass is 425 g/mol. The number of nitrogens with zero attached hydrogens (tertiary/aromatic N) is 3. The average molecular weight is 426 g/mol. The molecular formula is C20H13ClFN5OS. The molecule has 3 aromatic rings. The summed E-state index contributed by atoms with van der Waals surface area (Å²) in [7, 11) is 0. The number of anilines is 1. The van der Waals surface area contributed by atoms with Gasteiger partial charge in [-0.25, -0.2) is 9.38 Å². The first-order chi connectivity index (χ1) is 14.2. The highest BCUT2D eigenvalue weighted by atomic mass is 35.5. The molecule has 4 rings (SSSR count). The lowest BCUT2D eigenvalue weighted by molar-refractivity contribution is 0.442. The molecule has 0 saturated heterocycles. The third kappa shape index (κ3) is 4.11. The predicted octanol–water partition coefficient (Wildman–Crippen LogP) is 5.12. The molecular weight excluding hydrogens is 413 g/mol. The molecule has 0 spiro atoms. The van der Waals surface area contributed by atoms with E-state index >= 15 is 0 Å². The van der Waals surface area contributed by atoms with Crippen molar-refractivity contribution in [1.29, 1.82) is 5.26 Å². The maximum Gasteiger partial charge on any atom is 0.206 e. The topological polar surface area (TPSA) is 82.3 Å². The lowest BCUT2D eigenvalue weighted by Gasteiger charge is -2.23. The Balaban J connectivity index is 1.66. The number of hydrogen-bond donors (Lipinski definition) is 2. The summed E-state index contributed by atoms with van der Waals surface area (Å²) in [5, 5.41) is 13.1. The van der Waals surface area contributed by atoms with E-state index in [-0.39, 0.29) is 23.6 Å². The van der Waals surface area contributed by atoms with Crippen molar-refractivity contribution in [3.63, 3.8) is 0 Å². The van der Waals surface area contributed by atoms with Gasteiger partial charge >= 0.3 is 0 Å². The highest BCUT2D eigenvalue weighted by Crippen LogP contribution is 2.41. The van der Waals surface area contributed by atoms with Gasteiger partial charge in [-0.1, -0.05) is 23.7 Å². The van der Waals surface area contributed by atoms with Crippen molar-refractivity contribution in [3.8, 4) is 17.6 Å². The minimum Gasteiger partial charge on any atom is -0.451 e. The maximum atomic E-state index is 14.1. The van der Waals surface area contributed by atoms with Gasteiger partial charge in [-0.15, -0.1) is 0 Å². The van der Waals surface area contributed by atoms with E-state index in [0.717, 1.165) is 4.90 Å². The van der Waals surface area contributed by atoms with E-state index in [0.29, 0.717) is 22.4 Å². The fourth-order valence-electron chi connectivity index (χ4n) is 2.61. The quantitative estimate of drug-likeness (QED) is 0.565. The first-order valence-electron chi connectivity index (χ1n) is 8.49. The molecule has 0 amide bonds. The maximum absolute atomic E-state index is 14.1. The molecule has 1 aliphatic heterocycles. The molecule has 0 atom stereocenters. The van der Waals surface area contributed by atoms with Gasteiger partial charge in [0.05, 0.1) is 27.7 Å². The molecule has 0 bridgehead atoms. The van der Waals surface area contributed by atoms with Gasteiger partial charge in [-0.05, 0) is 48.3 Å². The van der Waals surface area contributed by atoms with Crippen LogP contribution >= 0.6 is 23.5 Å². The van der Waals surface area contributed by atoms with Crippen LogP contribution in [0.4, 0.5) is 10.1 Å². The summed E-state index contributed by atoms with van der Waals surface area (Å²) in [5.74, 6) is 0.182. The van der Waals surface area contributed by atoms with Crippen molar-refractivity contribution in [2.75, 3.05) is 5.32 Å². The molecule has 6 nitrogen and oxygen atoms in total. The van der Waals surface area contributed by atoms with Crippen molar-refractivity contribution in [3.05, 3.63) is 76.8 Å². The SMILES string of the molecule is N#Cc1ccc2c(c1Oc1ccccc1F)NC(=NCc1ncccc1Cl)NS2.